The van der Waals surface area contributed by atoms with E-state index in [1.54, 1.807) is 0 Å². The predicted molar refractivity (Wildman–Crippen MR) is 239 cm³/mol. The highest BCUT2D eigenvalue weighted by Crippen LogP contribution is 2.50. The third kappa shape index (κ3) is 6.22. The molecule has 3 heterocycles. The average molecular weight is 755 g/mol. The van der Waals surface area contributed by atoms with Gasteiger partial charge in [0.15, 0.2) is 11.6 Å². The molecule has 276 valence electrons. The van der Waals surface area contributed by atoms with Crippen molar-refractivity contribution in [2.75, 3.05) is 0 Å². The maximum atomic E-state index is 7.20. The number of benzene rings is 8. The minimum absolute atomic E-state index is 0.595. The van der Waals surface area contributed by atoms with Crippen molar-refractivity contribution in [2.45, 2.75) is 0 Å². The van der Waals surface area contributed by atoms with E-state index in [1.165, 1.54) is 0 Å². The molecular formula is C54H34N4O. The number of fused-ring (bicyclic) bond motifs is 11. The van der Waals surface area contributed by atoms with E-state index < -0.39 is 0 Å². The molecule has 5 nitrogen and oxygen atoms in total. The number of aromatic nitrogens is 4. The number of nitrogens with zero attached hydrogens (tertiary/aromatic N) is 4. The summed E-state index contributed by atoms with van der Waals surface area (Å²) in [7, 11) is 0. The van der Waals surface area contributed by atoms with Crippen molar-refractivity contribution in [1.82, 2.24) is 19.9 Å². The minimum atomic E-state index is 0.595. The Hall–Kier alpha value is -8.02. The normalized spacial score (nSPS) is 11.5. The quantitative estimate of drug-likeness (QED) is 0.179. The highest BCUT2D eigenvalue weighted by atomic mass is 16.5. The lowest BCUT2D eigenvalue weighted by atomic mass is 9.85. The Morgan fingerprint density at radius 3 is 1.54 bits per heavy atom. The van der Waals surface area contributed by atoms with Crippen LogP contribution in [-0.2, 0) is 0 Å². The molecule has 0 radical (unpaired) electrons. The van der Waals surface area contributed by atoms with E-state index in [9.17, 15) is 0 Å². The van der Waals surface area contributed by atoms with E-state index in [2.05, 4.69) is 133 Å². The van der Waals surface area contributed by atoms with Crippen LogP contribution in [0, 0.1) is 0 Å². The molecule has 0 unspecified atom stereocenters. The molecule has 11 rings (SSSR count). The molecule has 2 aromatic heterocycles. The van der Waals surface area contributed by atoms with Gasteiger partial charge in [0.1, 0.15) is 11.5 Å². The monoisotopic (exact) mass is 754 g/mol. The number of rotatable bonds is 4. The fourth-order valence-electron chi connectivity index (χ4n) is 8.18. The van der Waals surface area contributed by atoms with Crippen LogP contribution in [0.25, 0.3) is 101 Å². The lowest BCUT2D eigenvalue weighted by Crippen LogP contribution is -1.98. The molecule has 10 aromatic rings. The zero-order chi connectivity index (χ0) is 39.1. The van der Waals surface area contributed by atoms with Crippen molar-refractivity contribution in [2.24, 2.45) is 0 Å². The standard InChI is InChI=1S/C54H34N4O/c1-3-16-36(17-4-1)49-32-50(39-33-55-53(56-34-39)37-18-5-2-6-19-37)58-54(57-49)38-28-29-45-43-23-10-9-21-41(43)42-22-11-12-24-44(42)46-25-13-14-26-51(46)59-52-40-20-8-7-15-35(40)27-30-47(52)48(45)31-38/h1-34H. The number of ether oxygens (including phenoxy) is 1. The Balaban J connectivity index is 1.17. The van der Waals surface area contributed by atoms with Crippen molar-refractivity contribution in [3.63, 3.8) is 0 Å². The van der Waals surface area contributed by atoms with Gasteiger partial charge in [-0.25, -0.2) is 19.9 Å². The smallest absolute Gasteiger partial charge is 0.160 e. The van der Waals surface area contributed by atoms with Gasteiger partial charge in [-0.3, -0.25) is 0 Å². The molecule has 5 heteroatoms. The first-order valence-corrected chi connectivity index (χ1v) is 19.7. The Morgan fingerprint density at radius 1 is 0.322 bits per heavy atom. The van der Waals surface area contributed by atoms with Gasteiger partial charge in [-0.05, 0) is 63.0 Å². The van der Waals surface area contributed by atoms with E-state index in [4.69, 9.17) is 24.7 Å². The van der Waals surface area contributed by atoms with Gasteiger partial charge >= 0.3 is 0 Å². The van der Waals surface area contributed by atoms with Crippen LogP contribution in [0.2, 0.25) is 0 Å². The van der Waals surface area contributed by atoms with Gasteiger partial charge in [0.05, 0.1) is 11.4 Å². The van der Waals surface area contributed by atoms with Gasteiger partial charge in [-0.2, -0.15) is 0 Å². The van der Waals surface area contributed by atoms with Crippen LogP contribution in [0.3, 0.4) is 0 Å². The first kappa shape index (κ1) is 34.2. The minimum Gasteiger partial charge on any atom is -0.455 e. The third-order valence-corrected chi connectivity index (χ3v) is 11.0. The number of hydrogen-bond acceptors (Lipinski definition) is 5. The van der Waals surface area contributed by atoms with Crippen LogP contribution in [0.5, 0.6) is 11.5 Å². The zero-order valence-corrected chi connectivity index (χ0v) is 31.8. The SMILES string of the molecule is c1ccc(-c2cc(-c3cnc(-c4ccccc4)nc3)nc(-c3ccc4c(c3)-c3ccc5ccccc5c3Oc3ccccc3-c3ccccc3-c3ccccc3-4)n2)cc1. The van der Waals surface area contributed by atoms with Crippen molar-refractivity contribution in [3.05, 3.63) is 207 Å². The molecule has 0 spiro atoms. The third-order valence-electron chi connectivity index (χ3n) is 11.0. The number of para-hydroxylation sites is 1. The molecule has 8 aromatic carbocycles. The Bertz CT molecular complexity index is 3180. The summed E-state index contributed by atoms with van der Waals surface area (Å²) in [5.74, 6) is 2.84. The van der Waals surface area contributed by atoms with Crippen LogP contribution >= 0.6 is 0 Å². The lowest BCUT2D eigenvalue weighted by molar-refractivity contribution is 0.492. The second-order valence-electron chi connectivity index (χ2n) is 14.6. The fourth-order valence-corrected chi connectivity index (χ4v) is 8.18. The Morgan fingerprint density at radius 2 is 0.847 bits per heavy atom. The largest absolute Gasteiger partial charge is 0.455 e. The molecule has 59 heavy (non-hydrogen) atoms. The highest BCUT2D eigenvalue weighted by molar-refractivity contribution is 6.03. The van der Waals surface area contributed by atoms with E-state index in [0.717, 1.165) is 100 Å². The van der Waals surface area contributed by atoms with Crippen LogP contribution < -0.4 is 4.74 Å². The fraction of sp³-hybridized carbons (Fsp3) is 0. The van der Waals surface area contributed by atoms with Gasteiger partial charge in [0.2, 0.25) is 0 Å². The second-order valence-corrected chi connectivity index (χ2v) is 14.6. The number of hydrogen-bond donors (Lipinski definition) is 0. The molecule has 0 N–H and O–H groups in total. The summed E-state index contributed by atoms with van der Waals surface area (Å²) in [5.41, 5.74) is 13.8. The van der Waals surface area contributed by atoms with Crippen LogP contribution in [0.4, 0.5) is 0 Å². The van der Waals surface area contributed by atoms with E-state index in [-0.39, 0.29) is 0 Å². The van der Waals surface area contributed by atoms with Crippen molar-refractivity contribution >= 4 is 10.8 Å². The van der Waals surface area contributed by atoms with Gasteiger partial charge in [0.25, 0.3) is 0 Å². The first-order valence-electron chi connectivity index (χ1n) is 19.7. The van der Waals surface area contributed by atoms with E-state index >= 15 is 0 Å². The van der Waals surface area contributed by atoms with Crippen molar-refractivity contribution in [3.8, 4) is 101 Å². The molecular weight excluding hydrogens is 721 g/mol. The molecule has 1 aliphatic rings. The van der Waals surface area contributed by atoms with E-state index in [1.807, 2.05) is 73.1 Å². The molecule has 0 aliphatic carbocycles. The topological polar surface area (TPSA) is 60.8 Å². The molecule has 0 bridgehead atoms. The van der Waals surface area contributed by atoms with Crippen LogP contribution in [-0.4, -0.2) is 19.9 Å². The summed E-state index contributed by atoms with van der Waals surface area (Å²) in [5, 5.41) is 2.13. The zero-order valence-electron chi connectivity index (χ0n) is 31.8. The summed E-state index contributed by atoms with van der Waals surface area (Å²) < 4.78 is 7.20. The van der Waals surface area contributed by atoms with Gasteiger partial charge < -0.3 is 4.74 Å². The summed E-state index contributed by atoms with van der Waals surface area (Å²) >= 11 is 0. The summed E-state index contributed by atoms with van der Waals surface area (Å²) in [6.07, 6.45) is 3.69. The highest BCUT2D eigenvalue weighted by Gasteiger charge is 2.24. The first-order chi connectivity index (χ1) is 29.2. The molecule has 0 fully saturated rings. The molecule has 1 aliphatic heterocycles. The predicted octanol–water partition coefficient (Wildman–Crippen LogP) is 13.9. The average Bonchev–Trinajstić information content (AvgIpc) is 3.33. The summed E-state index contributed by atoms with van der Waals surface area (Å²) in [4.78, 5) is 20.0. The van der Waals surface area contributed by atoms with Gasteiger partial charge in [0, 0.05) is 51.2 Å². The summed E-state index contributed by atoms with van der Waals surface area (Å²) in [6, 6.07) is 67.3. The molecule has 0 saturated heterocycles. The van der Waals surface area contributed by atoms with Gasteiger partial charge in [-0.15, -0.1) is 0 Å². The van der Waals surface area contributed by atoms with Crippen molar-refractivity contribution < 1.29 is 4.74 Å². The maximum absolute atomic E-state index is 7.20. The molecule has 0 saturated carbocycles. The second kappa shape index (κ2) is 14.5. The maximum Gasteiger partial charge on any atom is 0.160 e. The van der Waals surface area contributed by atoms with Crippen molar-refractivity contribution in [1.29, 1.82) is 0 Å². The van der Waals surface area contributed by atoms with Gasteiger partial charge in [-0.1, -0.05) is 170 Å². The summed E-state index contributed by atoms with van der Waals surface area (Å²) in [6.45, 7) is 0. The van der Waals surface area contributed by atoms with E-state index in [0.29, 0.717) is 11.6 Å². The molecule has 0 atom stereocenters. The Labute approximate surface area is 342 Å². The van der Waals surface area contributed by atoms with Crippen LogP contribution in [0.1, 0.15) is 0 Å². The molecule has 0 amide bonds. The van der Waals surface area contributed by atoms with Crippen LogP contribution in [0.15, 0.2) is 207 Å². The lowest BCUT2D eigenvalue weighted by Gasteiger charge is -2.19. The Kier molecular flexibility index (Phi) is 8.41.